The Labute approximate surface area is 157 Å². The van der Waals surface area contributed by atoms with Crippen molar-refractivity contribution in [2.24, 2.45) is 0 Å². The first-order chi connectivity index (χ1) is 13.3. The molecule has 2 aromatic carbocycles. The molecule has 0 radical (unpaired) electrons. The number of nitriles is 1. The van der Waals surface area contributed by atoms with Crippen LogP contribution in [0.4, 0.5) is 5.69 Å². The van der Waals surface area contributed by atoms with Crippen LogP contribution in [0.1, 0.15) is 30.9 Å². The van der Waals surface area contributed by atoms with E-state index in [2.05, 4.69) is 33.0 Å². The van der Waals surface area contributed by atoms with Crippen LogP contribution >= 0.6 is 0 Å². The molecule has 0 aliphatic heterocycles. The molecule has 0 saturated heterocycles. The number of anilines is 1. The van der Waals surface area contributed by atoms with Crippen LogP contribution in [0.25, 0.3) is 11.4 Å². The maximum atomic E-state index is 8.80. The van der Waals surface area contributed by atoms with Gasteiger partial charge in [0, 0.05) is 17.8 Å². The fourth-order valence-electron chi connectivity index (χ4n) is 2.84. The molecule has 1 aromatic heterocycles. The average Bonchev–Trinajstić information content (AvgIpc) is 3.44. The second-order valence-corrected chi connectivity index (χ2v) is 6.52. The van der Waals surface area contributed by atoms with Crippen LogP contribution in [0.15, 0.2) is 48.5 Å². The molecule has 1 aliphatic carbocycles. The van der Waals surface area contributed by atoms with Crippen LogP contribution < -0.4 is 10.1 Å². The summed E-state index contributed by atoms with van der Waals surface area (Å²) >= 11 is 0. The molecule has 0 atom stereocenters. The van der Waals surface area contributed by atoms with Gasteiger partial charge in [0.25, 0.3) is 0 Å². The van der Waals surface area contributed by atoms with Gasteiger partial charge in [-0.2, -0.15) is 5.26 Å². The van der Waals surface area contributed by atoms with Crippen molar-refractivity contribution in [3.63, 3.8) is 0 Å². The molecule has 3 aromatic rings. The molecule has 136 valence electrons. The zero-order chi connectivity index (χ0) is 18.5. The van der Waals surface area contributed by atoms with E-state index in [4.69, 9.17) is 10.00 Å². The van der Waals surface area contributed by atoms with Crippen LogP contribution in [0.3, 0.4) is 0 Å². The lowest BCUT2D eigenvalue weighted by molar-refractivity contribution is 0.315. The first-order valence-electron chi connectivity index (χ1n) is 9.08. The van der Waals surface area contributed by atoms with Gasteiger partial charge in [0.1, 0.15) is 5.75 Å². The van der Waals surface area contributed by atoms with Gasteiger partial charge in [-0.1, -0.05) is 12.1 Å². The molecule has 1 N–H and O–H groups in total. The summed E-state index contributed by atoms with van der Waals surface area (Å²) in [5.74, 6) is 1.60. The molecular weight excluding hydrogens is 340 g/mol. The molecule has 1 saturated carbocycles. The fourth-order valence-corrected chi connectivity index (χ4v) is 2.84. The van der Waals surface area contributed by atoms with E-state index in [1.807, 2.05) is 35.0 Å². The highest BCUT2D eigenvalue weighted by atomic mass is 16.5. The minimum absolute atomic E-state index is 0.450. The zero-order valence-electron chi connectivity index (χ0n) is 14.9. The van der Waals surface area contributed by atoms with Crippen molar-refractivity contribution in [1.82, 2.24) is 20.2 Å². The lowest BCUT2D eigenvalue weighted by Crippen LogP contribution is -2.07. The molecule has 4 rings (SSSR count). The largest absolute Gasteiger partial charge is 0.494 e. The quantitative estimate of drug-likeness (QED) is 0.619. The monoisotopic (exact) mass is 360 g/mol. The number of hydrogen-bond donors (Lipinski definition) is 1. The molecule has 1 fully saturated rings. The lowest BCUT2D eigenvalue weighted by atomic mass is 10.2. The van der Waals surface area contributed by atoms with Gasteiger partial charge in [-0.15, -0.1) is 5.10 Å². The maximum Gasteiger partial charge on any atom is 0.182 e. The summed E-state index contributed by atoms with van der Waals surface area (Å²) in [6.45, 7) is 1.41. The Bertz CT molecular complexity index is 940. The van der Waals surface area contributed by atoms with Gasteiger partial charge in [-0.3, -0.25) is 0 Å². The van der Waals surface area contributed by atoms with Crippen molar-refractivity contribution in [3.8, 4) is 23.2 Å². The number of tetrazole rings is 1. The molecule has 7 heteroatoms. The van der Waals surface area contributed by atoms with Crippen molar-refractivity contribution in [2.45, 2.75) is 25.3 Å². The first-order valence-corrected chi connectivity index (χ1v) is 9.08. The minimum atomic E-state index is 0.450. The lowest BCUT2D eigenvalue weighted by Gasteiger charge is -2.09. The Hall–Kier alpha value is -3.40. The van der Waals surface area contributed by atoms with E-state index >= 15 is 0 Å². The number of rotatable bonds is 8. The summed E-state index contributed by atoms with van der Waals surface area (Å²) in [6, 6.07) is 17.9. The number of nitrogens with one attached hydrogen (secondary N) is 1. The predicted octanol–water partition coefficient (Wildman–Crippen LogP) is 3.43. The highest BCUT2D eigenvalue weighted by Crippen LogP contribution is 2.36. The van der Waals surface area contributed by atoms with E-state index in [9.17, 15) is 0 Å². The van der Waals surface area contributed by atoms with Crippen molar-refractivity contribution in [3.05, 3.63) is 54.1 Å². The molecule has 1 aliphatic rings. The summed E-state index contributed by atoms with van der Waals surface area (Å²) in [7, 11) is 0. The molecule has 0 amide bonds. The summed E-state index contributed by atoms with van der Waals surface area (Å²) in [4.78, 5) is 0. The number of hydrogen-bond acceptors (Lipinski definition) is 6. The highest BCUT2D eigenvalue weighted by molar-refractivity contribution is 5.62. The van der Waals surface area contributed by atoms with Crippen molar-refractivity contribution in [1.29, 1.82) is 5.26 Å². The summed E-state index contributed by atoms with van der Waals surface area (Å²) in [6.07, 6.45) is 3.16. The number of nitrogens with zero attached hydrogens (tertiary/aromatic N) is 5. The Morgan fingerprint density at radius 2 is 2.04 bits per heavy atom. The summed E-state index contributed by atoms with van der Waals surface area (Å²) in [5, 5.41) is 24.3. The van der Waals surface area contributed by atoms with Gasteiger partial charge in [0.2, 0.25) is 0 Å². The van der Waals surface area contributed by atoms with E-state index in [1.54, 1.807) is 12.1 Å². The zero-order valence-corrected chi connectivity index (χ0v) is 14.9. The third-order valence-corrected chi connectivity index (χ3v) is 4.41. The first kappa shape index (κ1) is 17.0. The molecule has 0 unspecified atom stereocenters. The summed E-state index contributed by atoms with van der Waals surface area (Å²) in [5.41, 5.74) is 2.69. The second-order valence-electron chi connectivity index (χ2n) is 6.52. The highest BCUT2D eigenvalue weighted by Gasteiger charge is 2.28. The van der Waals surface area contributed by atoms with Gasteiger partial charge < -0.3 is 10.1 Å². The van der Waals surface area contributed by atoms with Crippen LogP contribution in [0.5, 0.6) is 5.75 Å². The molecule has 1 heterocycles. The number of ether oxygens (including phenoxy) is 1. The topological polar surface area (TPSA) is 88.7 Å². The standard InChI is InChI=1S/C20H20N6O/c21-14-15-5-9-19(10-6-15)27-12-2-11-22-17-4-1-3-16(13-17)20-23-24-25-26(20)18-7-8-18/h1,3-6,9-10,13,18,22H,2,7-8,11-12H2. The SMILES string of the molecule is N#Cc1ccc(OCCCNc2cccc(-c3nnnn3C3CC3)c2)cc1. The second kappa shape index (κ2) is 7.87. The smallest absolute Gasteiger partial charge is 0.182 e. The van der Waals surface area contributed by atoms with Gasteiger partial charge in [0.05, 0.1) is 24.3 Å². The fraction of sp³-hybridized carbons (Fsp3) is 0.300. The molecular formula is C20H20N6O. The van der Waals surface area contributed by atoms with E-state index in [-0.39, 0.29) is 0 Å². The third kappa shape index (κ3) is 4.23. The van der Waals surface area contributed by atoms with Gasteiger partial charge in [-0.05, 0) is 66.1 Å². The van der Waals surface area contributed by atoms with Crippen molar-refractivity contribution >= 4 is 5.69 Å². The maximum absolute atomic E-state index is 8.80. The van der Waals surface area contributed by atoms with Crippen LogP contribution in [-0.4, -0.2) is 33.4 Å². The Balaban J connectivity index is 1.27. The van der Waals surface area contributed by atoms with E-state index in [1.165, 1.54) is 0 Å². The van der Waals surface area contributed by atoms with Crippen LogP contribution in [-0.2, 0) is 0 Å². The van der Waals surface area contributed by atoms with E-state index < -0.39 is 0 Å². The molecule has 27 heavy (non-hydrogen) atoms. The van der Waals surface area contributed by atoms with Crippen LogP contribution in [0, 0.1) is 11.3 Å². The Kier molecular flexibility index (Phi) is 4.97. The predicted molar refractivity (Wildman–Crippen MR) is 101 cm³/mol. The third-order valence-electron chi connectivity index (χ3n) is 4.41. The molecule has 0 bridgehead atoms. The normalized spacial score (nSPS) is 13.1. The van der Waals surface area contributed by atoms with Crippen molar-refractivity contribution in [2.75, 3.05) is 18.5 Å². The molecule has 0 spiro atoms. The van der Waals surface area contributed by atoms with E-state index in [0.717, 1.165) is 48.6 Å². The summed E-state index contributed by atoms with van der Waals surface area (Å²) < 4.78 is 7.62. The van der Waals surface area contributed by atoms with Gasteiger partial charge in [-0.25, -0.2) is 4.68 Å². The minimum Gasteiger partial charge on any atom is -0.494 e. The van der Waals surface area contributed by atoms with Crippen LogP contribution in [0.2, 0.25) is 0 Å². The van der Waals surface area contributed by atoms with Gasteiger partial charge in [0.15, 0.2) is 5.82 Å². The average molecular weight is 360 g/mol. The number of benzene rings is 2. The van der Waals surface area contributed by atoms with Crippen molar-refractivity contribution < 1.29 is 4.74 Å². The number of aromatic nitrogens is 4. The van der Waals surface area contributed by atoms with E-state index in [0.29, 0.717) is 18.2 Å². The van der Waals surface area contributed by atoms with Gasteiger partial charge >= 0.3 is 0 Å². The molecule has 7 nitrogen and oxygen atoms in total. The Morgan fingerprint density at radius 1 is 1.19 bits per heavy atom. The Morgan fingerprint density at radius 3 is 2.81 bits per heavy atom.